The molecular formula is C27H38Cl3N5O2. The molecule has 0 unspecified atom stereocenters. The van der Waals surface area contributed by atoms with Gasteiger partial charge < -0.3 is 14.8 Å². The maximum absolute atomic E-state index is 13.2. The molecular weight excluding hydrogens is 533 g/mol. The number of hydrogen-bond donors (Lipinski definition) is 1. The van der Waals surface area contributed by atoms with Crippen molar-refractivity contribution in [2.45, 2.75) is 69.7 Å². The van der Waals surface area contributed by atoms with Crippen LogP contribution < -0.4 is 4.90 Å². The Balaban J connectivity index is 0.00000190. The van der Waals surface area contributed by atoms with Gasteiger partial charge in [-0.05, 0) is 63.3 Å². The lowest BCUT2D eigenvalue weighted by Crippen LogP contribution is -2.64. The molecule has 3 heterocycles. The molecule has 0 radical (unpaired) electrons. The van der Waals surface area contributed by atoms with Crippen LogP contribution in [0.1, 0.15) is 68.9 Å². The third-order valence-electron chi connectivity index (χ3n) is 8.33. The predicted molar refractivity (Wildman–Crippen MR) is 152 cm³/mol. The lowest BCUT2D eigenvalue weighted by atomic mass is 9.80. The summed E-state index contributed by atoms with van der Waals surface area (Å²) >= 11 is 6.24. The SMILES string of the molecule is CC(C)N1CCC[C@H]1[C@](C=O)(c1ccc(Cl)cc1)N1CCN(c2ncnc3c2[C@H](C)C[C@H]3O)CC1.Cl.Cl. The van der Waals surface area contributed by atoms with E-state index in [1.807, 2.05) is 24.3 Å². The first kappa shape index (κ1) is 30.1. The van der Waals surface area contributed by atoms with Gasteiger partial charge in [0.1, 0.15) is 24.0 Å². The Morgan fingerprint density at radius 1 is 1.08 bits per heavy atom. The average molecular weight is 571 g/mol. The minimum absolute atomic E-state index is 0. The van der Waals surface area contributed by atoms with Gasteiger partial charge in [-0.1, -0.05) is 30.7 Å². The summed E-state index contributed by atoms with van der Waals surface area (Å²) in [6.45, 7) is 10.6. The Morgan fingerprint density at radius 2 is 1.76 bits per heavy atom. The largest absolute Gasteiger partial charge is 0.387 e. The summed E-state index contributed by atoms with van der Waals surface area (Å²) in [5.41, 5.74) is 2.14. The second-order valence-corrected chi connectivity index (χ2v) is 11.0. The molecule has 37 heavy (non-hydrogen) atoms. The fourth-order valence-electron chi connectivity index (χ4n) is 6.65. The van der Waals surface area contributed by atoms with Gasteiger partial charge in [-0.3, -0.25) is 9.80 Å². The average Bonchev–Trinajstić information content (AvgIpc) is 3.47. The van der Waals surface area contributed by atoms with E-state index in [1.54, 1.807) is 6.33 Å². The van der Waals surface area contributed by atoms with Gasteiger partial charge in [-0.2, -0.15) is 0 Å². The van der Waals surface area contributed by atoms with Crippen molar-refractivity contribution < 1.29 is 9.90 Å². The minimum Gasteiger partial charge on any atom is -0.387 e. The van der Waals surface area contributed by atoms with Crippen molar-refractivity contribution in [2.75, 3.05) is 37.6 Å². The zero-order valence-electron chi connectivity index (χ0n) is 21.7. The number of rotatable bonds is 6. The number of carbonyl (C=O) groups is 1. The normalized spacial score (nSPS) is 25.8. The summed E-state index contributed by atoms with van der Waals surface area (Å²) in [5, 5.41) is 11.1. The third-order valence-corrected chi connectivity index (χ3v) is 8.59. The Kier molecular flexibility index (Phi) is 9.87. The molecule has 2 fully saturated rings. The van der Waals surface area contributed by atoms with Crippen molar-refractivity contribution >= 4 is 48.5 Å². The van der Waals surface area contributed by atoms with Gasteiger partial charge >= 0.3 is 0 Å². The molecule has 204 valence electrons. The van der Waals surface area contributed by atoms with Crippen molar-refractivity contribution in [3.63, 3.8) is 0 Å². The van der Waals surface area contributed by atoms with Crippen molar-refractivity contribution in [3.05, 3.63) is 52.4 Å². The summed E-state index contributed by atoms with van der Waals surface area (Å²) in [4.78, 5) is 29.4. The summed E-state index contributed by atoms with van der Waals surface area (Å²) in [5.74, 6) is 1.17. The highest BCUT2D eigenvalue weighted by molar-refractivity contribution is 6.30. The van der Waals surface area contributed by atoms with Crippen LogP contribution in [0, 0.1) is 0 Å². The smallest absolute Gasteiger partial charge is 0.146 e. The Labute approximate surface area is 237 Å². The van der Waals surface area contributed by atoms with Gasteiger partial charge in [0.05, 0.1) is 11.8 Å². The number of piperazine rings is 1. The number of benzene rings is 1. The molecule has 1 aliphatic carbocycles. The molecule has 1 N–H and O–H groups in total. The maximum Gasteiger partial charge on any atom is 0.146 e. The second kappa shape index (κ2) is 12.1. The number of hydrogen-bond acceptors (Lipinski definition) is 7. The van der Waals surface area contributed by atoms with E-state index < -0.39 is 11.6 Å². The molecule has 7 nitrogen and oxygen atoms in total. The van der Waals surface area contributed by atoms with E-state index in [1.165, 1.54) is 6.29 Å². The standard InChI is InChI=1S/C27H36ClN5O2.2ClH/c1-18(2)33-10-4-5-23(33)27(16-34,20-6-8-21(28)9-7-20)32-13-11-31(12-14-32)26-24-19(3)15-22(35)25(24)29-17-30-26;;/h6-9,16-19,22-23,35H,4-5,10-15H2,1-3H3;2*1H/t19-,22-,23+,27+;;/m1../s1. The zero-order valence-corrected chi connectivity index (χ0v) is 24.1. The van der Waals surface area contributed by atoms with Gasteiger partial charge in [0, 0.05) is 48.8 Å². The van der Waals surface area contributed by atoms with E-state index in [2.05, 4.69) is 45.4 Å². The van der Waals surface area contributed by atoms with Crippen molar-refractivity contribution in [1.82, 2.24) is 19.8 Å². The van der Waals surface area contributed by atoms with Crippen LogP contribution in [0.5, 0.6) is 0 Å². The van der Waals surface area contributed by atoms with Gasteiger partial charge in [0.25, 0.3) is 0 Å². The first-order valence-corrected chi connectivity index (χ1v) is 13.3. The molecule has 1 aromatic carbocycles. The highest BCUT2D eigenvalue weighted by Crippen LogP contribution is 2.44. The summed E-state index contributed by atoms with van der Waals surface area (Å²) < 4.78 is 0. The first-order chi connectivity index (χ1) is 16.9. The highest BCUT2D eigenvalue weighted by atomic mass is 35.5. The molecule has 0 amide bonds. The molecule has 2 aliphatic heterocycles. The molecule has 4 atom stereocenters. The van der Waals surface area contributed by atoms with Gasteiger partial charge in [0.15, 0.2) is 0 Å². The fourth-order valence-corrected chi connectivity index (χ4v) is 6.77. The van der Waals surface area contributed by atoms with Crippen molar-refractivity contribution in [1.29, 1.82) is 0 Å². The topological polar surface area (TPSA) is 72.8 Å². The number of aldehydes is 1. The number of anilines is 1. The first-order valence-electron chi connectivity index (χ1n) is 12.9. The number of aromatic nitrogens is 2. The molecule has 1 aromatic heterocycles. The van der Waals surface area contributed by atoms with Crippen LogP contribution in [0.3, 0.4) is 0 Å². The predicted octanol–water partition coefficient (Wildman–Crippen LogP) is 4.60. The van der Waals surface area contributed by atoms with Crippen LogP contribution in [-0.2, 0) is 10.3 Å². The number of nitrogens with zero attached hydrogens (tertiary/aromatic N) is 5. The van der Waals surface area contributed by atoms with Crippen LogP contribution in [-0.4, -0.2) is 76.0 Å². The van der Waals surface area contributed by atoms with Crippen LogP contribution in [0.2, 0.25) is 5.02 Å². The maximum atomic E-state index is 13.2. The van der Waals surface area contributed by atoms with E-state index in [0.717, 1.165) is 68.2 Å². The molecule has 2 saturated heterocycles. The van der Waals surface area contributed by atoms with E-state index in [9.17, 15) is 9.90 Å². The van der Waals surface area contributed by atoms with Gasteiger partial charge in [-0.25, -0.2) is 9.97 Å². The molecule has 0 bridgehead atoms. The molecule has 5 rings (SSSR count). The van der Waals surface area contributed by atoms with E-state index in [4.69, 9.17) is 11.6 Å². The molecule has 0 saturated carbocycles. The number of likely N-dealkylation sites (tertiary alicyclic amines) is 1. The minimum atomic E-state index is -0.728. The van der Waals surface area contributed by atoms with Gasteiger partial charge in [-0.15, -0.1) is 24.8 Å². The molecule has 0 spiro atoms. The summed E-state index contributed by atoms with van der Waals surface area (Å²) in [7, 11) is 0. The van der Waals surface area contributed by atoms with E-state index in [-0.39, 0.29) is 36.8 Å². The second-order valence-electron chi connectivity index (χ2n) is 10.6. The van der Waals surface area contributed by atoms with Crippen molar-refractivity contribution in [2.24, 2.45) is 0 Å². The number of halogens is 3. The van der Waals surface area contributed by atoms with E-state index >= 15 is 0 Å². The van der Waals surface area contributed by atoms with Gasteiger partial charge in [0.2, 0.25) is 0 Å². The zero-order chi connectivity index (χ0) is 24.7. The number of carbonyl (C=O) groups excluding carboxylic acids is 1. The summed E-state index contributed by atoms with van der Waals surface area (Å²) in [6.07, 6.45) is 5.04. The monoisotopic (exact) mass is 569 g/mol. The highest BCUT2D eigenvalue weighted by Gasteiger charge is 2.51. The Hall–Kier alpha value is -1.48. The fraction of sp³-hybridized carbons (Fsp3) is 0.593. The quantitative estimate of drug-likeness (QED) is 0.509. The van der Waals surface area contributed by atoms with Crippen molar-refractivity contribution in [3.8, 4) is 0 Å². The Morgan fingerprint density at radius 3 is 2.38 bits per heavy atom. The lowest BCUT2D eigenvalue weighted by molar-refractivity contribution is -0.125. The number of aliphatic hydroxyl groups excluding tert-OH is 1. The Bertz CT molecular complexity index is 1060. The van der Waals surface area contributed by atoms with Crippen LogP contribution >= 0.6 is 36.4 Å². The molecule has 2 aromatic rings. The number of aliphatic hydroxyl groups is 1. The van der Waals surface area contributed by atoms with Crippen LogP contribution in [0.4, 0.5) is 5.82 Å². The summed E-state index contributed by atoms with van der Waals surface area (Å²) in [6, 6.07) is 8.34. The van der Waals surface area contributed by atoms with Crippen LogP contribution in [0.15, 0.2) is 30.6 Å². The third kappa shape index (κ3) is 5.23. The molecule has 10 heteroatoms. The number of fused-ring (bicyclic) bond motifs is 1. The van der Waals surface area contributed by atoms with Crippen LogP contribution in [0.25, 0.3) is 0 Å². The van der Waals surface area contributed by atoms with E-state index in [0.29, 0.717) is 17.5 Å². The lowest BCUT2D eigenvalue weighted by Gasteiger charge is -2.51. The molecule has 3 aliphatic rings.